The number of hydrogen-bond acceptors (Lipinski definition) is 6. The SMILES string of the molecule is CC12C=C3C(=O)OCC34C3(CO3)C(C1=O)C1(O)C3(C)C=CC(=O)C(C)(C)C3CCC41C2. The molecule has 5 aliphatic carbocycles. The number of cyclic esters (lactones) is 1. The number of Topliss-reactive ketones (excluding diaryl/α,β-unsaturated/α-hetero) is 1. The minimum Gasteiger partial charge on any atom is -0.461 e. The van der Waals surface area contributed by atoms with Gasteiger partial charge in [0.25, 0.3) is 0 Å². The van der Waals surface area contributed by atoms with Gasteiger partial charge >= 0.3 is 5.97 Å². The van der Waals surface area contributed by atoms with Crippen LogP contribution in [-0.4, -0.2) is 47.1 Å². The zero-order valence-corrected chi connectivity index (χ0v) is 18.4. The zero-order valence-electron chi connectivity index (χ0n) is 18.4. The average Bonchev–Trinajstić information content (AvgIpc) is 3.40. The predicted octanol–water partition coefficient (Wildman–Crippen LogP) is 2.15. The van der Waals surface area contributed by atoms with Gasteiger partial charge in [-0.05, 0) is 38.2 Å². The van der Waals surface area contributed by atoms with Crippen molar-refractivity contribution in [3.8, 4) is 0 Å². The number of fused-ring (bicyclic) bond motifs is 3. The van der Waals surface area contributed by atoms with Crippen molar-refractivity contribution >= 4 is 17.5 Å². The highest BCUT2D eigenvalue weighted by molar-refractivity contribution is 6.03. The Hall–Kier alpha value is -1.79. The monoisotopic (exact) mass is 424 g/mol. The lowest BCUT2D eigenvalue weighted by atomic mass is 9.34. The smallest absolute Gasteiger partial charge is 0.334 e. The molecule has 2 aliphatic heterocycles. The van der Waals surface area contributed by atoms with Crippen LogP contribution in [0.3, 0.4) is 0 Å². The number of hydrogen-bond donors (Lipinski definition) is 1. The van der Waals surface area contributed by atoms with Crippen LogP contribution in [0.5, 0.6) is 0 Å². The third-order valence-corrected chi connectivity index (χ3v) is 11.2. The fourth-order valence-corrected chi connectivity index (χ4v) is 9.95. The van der Waals surface area contributed by atoms with Crippen LogP contribution >= 0.6 is 0 Å². The normalized spacial score (nSPS) is 59.3. The lowest BCUT2D eigenvalue weighted by molar-refractivity contribution is -0.258. The van der Waals surface area contributed by atoms with Gasteiger partial charge in [0.05, 0.1) is 23.5 Å². The highest BCUT2D eigenvalue weighted by Crippen LogP contribution is 2.88. The molecule has 3 spiro atoms. The molecule has 0 radical (unpaired) electrons. The lowest BCUT2D eigenvalue weighted by Gasteiger charge is -2.69. The number of aliphatic hydroxyl groups is 1. The van der Waals surface area contributed by atoms with E-state index in [-0.39, 0.29) is 30.1 Å². The largest absolute Gasteiger partial charge is 0.461 e. The standard InChI is InChI=1S/C25H28O6/c1-19(2)14-5-8-22-10-20(3)9-13-18(28)30-11-23(13,22)24(12-31-24)16(17(20)27)25(22,29)21(14,4)7-6-15(19)26/h6-7,9,14,16,29H,5,8,10-12H2,1-4H3. The summed E-state index contributed by atoms with van der Waals surface area (Å²) in [5.41, 5.74) is -5.55. The van der Waals surface area contributed by atoms with E-state index in [1.807, 2.05) is 39.8 Å². The van der Waals surface area contributed by atoms with E-state index in [0.717, 1.165) is 6.42 Å². The Bertz CT molecular complexity index is 1100. The maximum atomic E-state index is 14.1. The molecule has 8 atom stereocenters. The number of epoxide rings is 1. The Kier molecular flexibility index (Phi) is 2.72. The molecule has 3 saturated carbocycles. The minimum absolute atomic E-state index is 0.0281. The van der Waals surface area contributed by atoms with E-state index in [4.69, 9.17) is 9.47 Å². The van der Waals surface area contributed by atoms with E-state index in [1.165, 1.54) is 0 Å². The number of ether oxygens (including phenoxy) is 2. The molecule has 8 unspecified atom stereocenters. The number of carbonyl (C=O) groups excluding carboxylic acids is 3. The molecule has 6 heteroatoms. The fraction of sp³-hybridized carbons (Fsp3) is 0.720. The zero-order chi connectivity index (χ0) is 22.0. The Balaban J connectivity index is 1.60. The Labute approximate surface area is 181 Å². The van der Waals surface area contributed by atoms with Crippen LogP contribution < -0.4 is 0 Å². The number of ketones is 2. The number of allylic oxidation sites excluding steroid dienone is 2. The summed E-state index contributed by atoms with van der Waals surface area (Å²) in [5.74, 6) is -1.19. The molecular formula is C25H28O6. The van der Waals surface area contributed by atoms with Gasteiger partial charge in [-0.25, -0.2) is 4.79 Å². The summed E-state index contributed by atoms with van der Waals surface area (Å²) in [6.45, 7) is 8.36. The summed E-state index contributed by atoms with van der Waals surface area (Å²) in [6.07, 6.45) is 7.21. The van der Waals surface area contributed by atoms with E-state index >= 15 is 0 Å². The highest BCUT2D eigenvalue weighted by Gasteiger charge is 2.97. The molecule has 0 amide bonds. The van der Waals surface area contributed by atoms with Gasteiger partial charge in [0, 0.05) is 27.2 Å². The molecule has 7 rings (SSSR count). The molecule has 0 aromatic heterocycles. The van der Waals surface area contributed by atoms with E-state index in [0.29, 0.717) is 25.0 Å². The first kappa shape index (κ1) is 18.8. The first-order valence-electron chi connectivity index (χ1n) is 11.4. The number of rotatable bonds is 0. The first-order valence-corrected chi connectivity index (χ1v) is 11.4. The summed E-state index contributed by atoms with van der Waals surface area (Å²) in [5, 5.41) is 13.0. The summed E-state index contributed by atoms with van der Waals surface area (Å²) in [6, 6.07) is 0. The van der Waals surface area contributed by atoms with Crippen molar-refractivity contribution in [1.82, 2.24) is 0 Å². The molecule has 3 bridgehead atoms. The molecular weight excluding hydrogens is 396 g/mol. The van der Waals surface area contributed by atoms with E-state index in [2.05, 4.69) is 0 Å². The van der Waals surface area contributed by atoms with Crippen molar-refractivity contribution in [2.75, 3.05) is 13.2 Å². The van der Waals surface area contributed by atoms with Crippen LogP contribution in [0.4, 0.5) is 0 Å². The van der Waals surface area contributed by atoms with Crippen molar-refractivity contribution in [1.29, 1.82) is 0 Å². The van der Waals surface area contributed by atoms with E-state index < -0.39 is 44.2 Å². The van der Waals surface area contributed by atoms with Crippen LogP contribution in [0.1, 0.15) is 47.0 Å². The summed E-state index contributed by atoms with van der Waals surface area (Å²) in [4.78, 5) is 39.9. The van der Waals surface area contributed by atoms with Gasteiger partial charge in [-0.1, -0.05) is 32.9 Å². The van der Waals surface area contributed by atoms with E-state index in [9.17, 15) is 19.5 Å². The molecule has 0 aromatic carbocycles. The summed E-state index contributed by atoms with van der Waals surface area (Å²) >= 11 is 0. The topological polar surface area (TPSA) is 93.2 Å². The fourth-order valence-electron chi connectivity index (χ4n) is 9.95. The van der Waals surface area contributed by atoms with Crippen molar-refractivity contribution in [2.45, 2.75) is 58.2 Å². The quantitative estimate of drug-likeness (QED) is 0.473. The Morgan fingerprint density at radius 1 is 1.10 bits per heavy atom. The van der Waals surface area contributed by atoms with Gasteiger partial charge in [0.1, 0.15) is 12.2 Å². The van der Waals surface area contributed by atoms with E-state index in [1.54, 1.807) is 6.08 Å². The molecule has 6 nitrogen and oxygen atoms in total. The second kappa shape index (κ2) is 4.49. The van der Waals surface area contributed by atoms with Crippen LogP contribution in [0, 0.1) is 38.9 Å². The molecule has 31 heavy (non-hydrogen) atoms. The lowest BCUT2D eigenvalue weighted by Crippen LogP contribution is -2.74. The Morgan fingerprint density at radius 3 is 2.48 bits per heavy atom. The third-order valence-electron chi connectivity index (χ3n) is 11.2. The molecule has 164 valence electrons. The van der Waals surface area contributed by atoms with Crippen molar-refractivity contribution in [2.24, 2.45) is 38.9 Å². The minimum atomic E-state index is -1.42. The summed E-state index contributed by atoms with van der Waals surface area (Å²) in [7, 11) is 0. The van der Waals surface area contributed by atoms with Crippen molar-refractivity contribution < 1.29 is 29.0 Å². The maximum Gasteiger partial charge on any atom is 0.334 e. The van der Waals surface area contributed by atoms with Crippen LogP contribution in [0.15, 0.2) is 23.8 Å². The number of carbonyl (C=O) groups is 3. The van der Waals surface area contributed by atoms with Gasteiger partial charge in [-0.15, -0.1) is 0 Å². The van der Waals surface area contributed by atoms with Crippen molar-refractivity contribution in [3.63, 3.8) is 0 Å². The molecule has 1 N–H and O–H groups in total. The molecule has 7 aliphatic rings. The molecule has 2 saturated heterocycles. The molecule has 2 heterocycles. The first-order chi connectivity index (χ1) is 14.4. The molecule has 5 fully saturated rings. The number of esters is 1. The van der Waals surface area contributed by atoms with Gasteiger partial charge < -0.3 is 14.6 Å². The second-order valence-electron chi connectivity index (χ2n) is 12.3. The van der Waals surface area contributed by atoms with Gasteiger partial charge in [0.2, 0.25) is 0 Å². The van der Waals surface area contributed by atoms with Crippen LogP contribution in [0.25, 0.3) is 0 Å². The van der Waals surface area contributed by atoms with Gasteiger partial charge in [0.15, 0.2) is 11.6 Å². The second-order valence-corrected chi connectivity index (χ2v) is 12.3. The van der Waals surface area contributed by atoms with Gasteiger partial charge in [-0.3, -0.25) is 9.59 Å². The van der Waals surface area contributed by atoms with Crippen LogP contribution in [0.2, 0.25) is 0 Å². The Morgan fingerprint density at radius 2 is 1.81 bits per heavy atom. The summed E-state index contributed by atoms with van der Waals surface area (Å²) < 4.78 is 11.8. The van der Waals surface area contributed by atoms with Crippen molar-refractivity contribution in [3.05, 3.63) is 23.8 Å². The van der Waals surface area contributed by atoms with Gasteiger partial charge in [-0.2, -0.15) is 0 Å². The van der Waals surface area contributed by atoms with Crippen LogP contribution in [-0.2, 0) is 23.9 Å². The average molecular weight is 424 g/mol. The maximum absolute atomic E-state index is 14.1. The predicted molar refractivity (Wildman–Crippen MR) is 108 cm³/mol. The molecule has 0 aromatic rings. The third kappa shape index (κ3) is 1.39. The highest BCUT2D eigenvalue weighted by atomic mass is 16.6.